The van der Waals surface area contributed by atoms with Crippen LogP contribution in [0.1, 0.15) is 12.8 Å². The van der Waals surface area contributed by atoms with Crippen LogP contribution in [0.3, 0.4) is 0 Å². The van der Waals surface area contributed by atoms with E-state index in [2.05, 4.69) is 5.32 Å². The van der Waals surface area contributed by atoms with E-state index in [0.717, 1.165) is 39.2 Å². The van der Waals surface area contributed by atoms with Gasteiger partial charge in [-0.2, -0.15) is 0 Å². The first-order valence-electron chi connectivity index (χ1n) is 6.25. The fourth-order valence-electron chi connectivity index (χ4n) is 2.26. The standard InChI is InChI=1S/C11H21NO4S/c13-17(14)6-2-11(9-17)12-3-5-16-8-10-1-4-15-7-10/h10-12H,1-9H2. The Morgan fingerprint density at radius 3 is 2.88 bits per heavy atom. The Balaban J connectivity index is 1.49. The third-order valence-corrected chi connectivity index (χ3v) is 5.06. The van der Waals surface area contributed by atoms with E-state index in [1.165, 1.54) is 0 Å². The van der Waals surface area contributed by atoms with Crippen LogP contribution in [0.15, 0.2) is 0 Å². The lowest BCUT2D eigenvalue weighted by molar-refractivity contribution is 0.0904. The van der Waals surface area contributed by atoms with E-state index >= 15 is 0 Å². The van der Waals surface area contributed by atoms with Gasteiger partial charge in [0.15, 0.2) is 9.84 Å². The van der Waals surface area contributed by atoms with Gasteiger partial charge in [-0.1, -0.05) is 0 Å². The van der Waals surface area contributed by atoms with Gasteiger partial charge in [0.25, 0.3) is 0 Å². The minimum Gasteiger partial charge on any atom is -0.381 e. The SMILES string of the molecule is O=S1(=O)CCC(NCCOCC2CCOC2)C1. The summed E-state index contributed by atoms with van der Waals surface area (Å²) in [7, 11) is -2.77. The molecule has 6 heteroatoms. The van der Waals surface area contributed by atoms with E-state index in [4.69, 9.17) is 9.47 Å². The van der Waals surface area contributed by atoms with E-state index in [1.54, 1.807) is 0 Å². The Labute approximate surface area is 103 Å². The summed E-state index contributed by atoms with van der Waals surface area (Å²) in [6.45, 7) is 3.80. The predicted octanol–water partition coefficient (Wildman–Crippen LogP) is -0.184. The summed E-state index contributed by atoms with van der Waals surface area (Å²) in [6.07, 6.45) is 1.83. The molecular formula is C11H21NO4S. The van der Waals surface area contributed by atoms with E-state index in [9.17, 15) is 8.42 Å². The molecule has 0 aliphatic carbocycles. The van der Waals surface area contributed by atoms with Crippen LogP contribution in [0.2, 0.25) is 0 Å². The van der Waals surface area contributed by atoms with Crippen molar-refractivity contribution >= 4 is 9.84 Å². The van der Waals surface area contributed by atoms with Crippen molar-refractivity contribution < 1.29 is 17.9 Å². The van der Waals surface area contributed by atoms with Crippen molar-refractivity contribution in [2.24, 2.45) is 5.92 Å². The second kappa shape index (κ2) is 6.13. The maximum atomic E-state index is 11.2. The lowest BCUT2D eigenvalue weighted by Gasteiger charge is -2.12. The molecule has 100 valence electrons. The first-order chi connectivity index (χ1) is 8.16. The number of nitrogens with one attached hydrogen (secondary N) is 1. The number of sulfone groups is 1. The first kappa shape index (κ1) is 13.3. The molecule has 0 aromatic rings. The molecule has 5 nitrogen and oxygen atoms in total. The summed E-state index contributed by atoms with van der Waals surface area (Å²) in [5.74, 6) is 1.15. The second-order valence-corrected chi connectivity index (χ2v) is 7.09. The molecule has 0 spiro atoms. The van der Waals surface area contributed by atoms with Crippen molar-refractivity contribution in [1.29, 1.82) is 0 Å². The number of ether oxygens (including phenoxy) is 2. The van der Waals surface area contributed by atoms with Crippen LogP contribution in [-0.2, 0) is 19.3 Å². The average Bonchev–Trinajstić information content (AvgIpc) is 2.88. The van der Waals surface area contributed by atoms with Crippen molar-refractivity contribution in [2.45, 2.75) is 18.9 Å². The monoisotopic (exact) mass is 263 g/mol. The van der Waals surface area contributed by atoms with Crippen LogP contribution in [0.25, 0.3) is 0 Å². The fraction of sp³-hybridized carbons (Fsp3) is 1.00. The van der Waals surface area contributed by atoms with Gasteiger partial charge in [-0.15, -0.1) is 0 Å². The summed E-state index contributed by atoms with van der Waals surface area (Å²) in [6, 6.07) is 0.124. The van der Waals surface area contributed by atoms with Gasteiger partial charge in [-0.3, -0.25) is 0 Å². The van der Waals surface area contributed by atoms with Gasteiger partial charge in [-0.05, 0) is 12.8 Å². The largest absolute Gasteiger partial charge is 0.381 e. The highest BCUT2D eigenvalue weighted by molar-refractivity contribution is 7.91. The summed E-state index contributed by atoms with van der Waals surface area (Å²) in [4.78, 5) is 0. The smallest absolute Gasteiger partial charge is 0.151 e. The Morgan fingerprint density at radius 2 is 2.24 bits per heavy atom. The highest BCUT2D eigenvalue weighted by Crippen LogP contribution is 2.12. The molecule has 0 aromatic carbocycles. The zero-order chi connectivity index (χ0) is 12.1. The summed E-state index contributed by atoms with van der Waals surface area (Å²) < 4.78 is 33.2. The van der Waals surface area contributed by atoms with Crippen molar-refractivity contribution in [3.8, 4) is 0 Å². The molecule has 2 saturated heterocycles. The van der Waals surface area contributed by atoms with Gasteiger partial charge >= 0.3 is 0 Å². The molecule has 0 aromatic heterocycles. The van der Waals surface area contributed by atoms with Crippen molar-refractivity contribution in [3.63, 3.8) is 0 Å². The van der Waals surface area contributed by atoms with Crippen molar-refractivity contribution in [2.75, 3.05) is 44.5 Å². The molecule has 0 saturated carbocycles. The topological polar surface area (TPSA) is 64.6 Å². The highest BCUT2D eigenvalue weighted by Gasteiger charge is 2.27. The normalized spacial score (nSPS) is 32.0. The van der Waals surface area contributed by atoms with Gasteiger partial charge in [0.1, 0.15) is 0 Å². The van der Waals surface area contributed by atoms with Gasteiger partial charge < -0.3 is 14.8 Å². The average molecular weight is 263 g/mol. The molecule has 0 bridgehead atoms. The first-order valence-corrected chi connectivity index (χ1v) is 8.07. The van der Waals surface area contributed by atoms with Gasteiger partial charge in [0.2, 0.25) is 0 Å². The van der Waals surface area contributed by atoms with Gasteiger partial charge in [-0.25, -0.2) is 8.42 Å². The van der Waals surface area contributed by atoms with Crippen LogP contribution in [0, 0.1) is 5.92 Å². The van der Waals surface area contributed by atoms with Crippen LogP contribution >= 0.6 is 0 Å². The highest BCUT2D eigenvalue weighted by atomic mass is 32.2. The molecule has 2 fully saturated rings. The fourth-order valence-corrected chi connectivity index (χ4v) is 3.96. The van der Waals surface area contributed by atoms with Gasteiger partial charge in [0, 0.05) is 25.1 Å². The quantitative estimate of drug-likeness (QED) is 0.673. The molecule has 2 heterocycles. The predicted molar refractivity (Wildman–Crippen MR) is 64.8 cm³/mol. The Hall–Kier alpha value is -0.170. The van der Waals surface area contributed by atoms with Crippen LogP contribution in [0.5, 0.6) is 0 Å². The molecule has 2 atom stereocenters. The minimum absolute atomic E-state index is 0.124. The third kappa shape index (κ3) is 4.54. The Bertz CT molecular complexity index is 324. The molecule has 0 amide bonds. The molecule has 2 rings (SSSR count). The number of hydrogen-bond donors (Lipinski definition) is 1. The molecule has 17 heavy (non-hydrogen) atoms. The molecule has 2 aliphatic heterocycles. The Kier molecular flexibility index (Phi) is 4.78. The number of rotatable bonds is 6. The molecule has 0 radical (unpaired) electrons. The zero-order valence-electron chi connectivity index (χ0n) is 10.1. The lowest BCUT2D eigenvalue weighted by Crippen LogP contribution is -2.33. The molecule has 2 aliphatic rings. The van der Waals surface area contributed by atoms with E-state index in [1.807, 2.05) is 0 Å². The number of hydrogen-bond acceptors (Lipinski definition) is 5. The maximum absolute atomic E-state index is 11.2. The maximum Gasteiger partial charge on any atom is 0.151 e. The van der Waals surface area contributed by atoms with Gasteiger partial charge in [0.05, 0.1) is 31.3 Å². The second-order valence-electron chi connectivity index (χ2n) is 4.86. The lowest BCUT2D eigenvalue weighted by atomic mass is 10.1. The van der Waals surface area contributed by atoms with Crippen LogP contribution in [-0.4, -0.2) is 58.9 Å². The van der Waals surface area contributed by atoms with E-state index < -0.39 is 9.84 Å². The van der Waals surface area contributed by atoms with E-state index in [-0.39, 0.29) is 11.8 Å². The zero-order valence-corrected chi connectivity index (χ0v) is 10.9. The molecule has 2 unspecified atom stereocenters. The minimum atomic E-state index is -2.77. The van der Waals surface area contributed by atoms with Crippen molar-refractivity contribution in [1.82, 2.24) is 5.32 Å². The van der Waals surface area contributed by atoms with E-state index in [0.29, 0.717) is 18.3 Å². The molecular weight excluding hydrogens is 242 g/mol. The Morgan fingerprint density at radius 1 is 1.35 bits per heavy atom. The summed E-state index contributed by atoms with van der Waals surface area (Å²) in [5.41, 5.74) is 0. The van der Waals surface area contributed by atoms with Crippen LogP contribution in [0.4, 0.5) is 0 Å². The molecule has 1 N–H and O–H groups in total. The third-order valence-electron chi connectivity index (χ3n) is 3.29. The summed E-state index contributed by atoms with van der Waals surface area (Å²) >= 11 is 0. The van der Waals surface area contributed by atoms with Crippen molar-refractivity contribution in [3.05, 3.63) is 0 Å². The summed E-state index contributed by atoms with van der Waals surface area (Å²) in [5, 5.41) is 3.23. The van der Waals surface area contributed by atoms with Crippen LogP contribution < -0.4 is 5.32 Å².